The molecule has 4 heteroatoms. The first-order chi connectivity index (χ1) is 11.6. The largest absolute Gasteiger partial charge is 0.273 e. The number of carbonyl (C=O) groups is 2. The summed E-state index contributed by atoms with van der Waals surface area (Å²) in [5.41, 5.74) is 6.10. The summed E-state index contributed by atoms with van der Waals surface area (Å²) in [6.07, 6.45) is 7.65. The quantitative estimate of drug-likeness (QED) is 0.861. The molecule has 126 valence electrons. The summed E-state index contributed by atoms with van der Waals surface area (Å²) in [6.45, 7) is 4.17. The van der Waals surface area contributed by atoms with Gasteiger partial charge in [0, 0.05) is 0 Å². The smallest absolute Gasteiger partial charge is 0.249 e. The number of para-hydroxylation sites is 1. The van der Waals surface area contributed by atoms with E-state index in [0.717, 1.165) is 24.9 Å². The molecule has 1 aromatic carbocycles. The van der Waals surface area contributed by atoms with Gasteiger partial charge in [-0.2, -0.15) is 0 Å². The van der Waals surface area contributed by atoms with Crippen LogP contribution in [-0.2, 0) is 9.59 Å². The maximum Gasteiger partial charge on any atom is 0.249 e. The molecule has 2 atom stereocenters. The standard InChI is InChI=1S/C20H24N2O2/c1-14(2)7-6-8-15-11-12-17-18(13-15)19(23)21-22(20(17)24)16-9-4-3-5-10-16/h3-5,7-10,17-18H,6,11-13H2,1-2H3,(H,21,23)/b15-8-/t17-,18+/m1/s1. The van der Waals surface area contributed by atoms with Crippen molar-refractivity contribution in [1.29, 1.82) is 0 Å². The molecule has 4 nitrogen and oxygen atoms in total. The Labute approximate surface area is 143 Å². The normalized spacial score (nSPS) is 25.2. The first kappa shape index (κ1) is 16.5. The van der Waals surface area contributed by atoms with Gasteiger partial charge in [-0.1, -0.05) is 41.5 Å². The lowest BCUT2D eigenvalue weighted by molar-refractivity contribution is -0.140. The van der Waals surface area contributed by atoms with Crippen LogP contribution in [-0.4, -0.2) is 11.8 Å². The Kier molecular flexibility index (Phi) is 4.84. The van der Waals surface area contributed by atoms with Crippen molar-refractivity contribution in [3.8, 4) is 0 Å². The van der Waals surface area contributed by atoms with E-state index in [-0.39, 0.29) is 23.7 Å². The van der Waals surface area contributed by atoms with E-state index in [9.17, 15) is 9.59 Å². The summed E-state index contributed by atoms with van der Waals surface area (Å²) in [6, 6.07) is 9.31. The highest BCUT2D eigenvalue weighted by molar-refractivity contribution is 6.04. The number of fused-ring (bicyclic) bond motifs is 1. The van der Waals surface area contributed by atoms with E-state index in [1.165, 1.54) is 16.2 Å². The van der Waals surface area contributed by atoms with E-state index in [4.69, 9.17) is 0 Å². The molecule has 0 bridgehead atoms. The van der Waals surface area contributed by atoms with Gasteiger partial charge in [0.1, 0.15) is 0 Å². The second-order valence-corrected chi connectivity index (χ2v) is 6.82. The molecular weight excluding hydrogens is 300 g/mol. The summed E-state index contributed by atoms with van der Waals surface area (Å²) in [7, 11) is 0. The van der Waals surface area contributed by atoms with Crippen LogP contribution in [0.25, 0.3) is 0 Å². The molecule has 1 heterocycles. The lowest BCUT2D eigenvalue weighted by Gasteiger charge is -2.40. The van der Waals surface area contributed by atoms with Gasteiger partial charge in [0.2, 0.25) is 11.8 Å². The van der Waals surface area contributed by atoms with Crippen molar-refractivity contribution < 1.29 is 9.59 Å². The van der Waals surface area contributed by atoms with Gasteiger partial charge in [0.25, 0.3) is 0 Å². The highest BCUT2D eigenvalue weighted by atomic mass is 16.2. The molecule has 0 radical (unpaired) electrons. The van der Waals surface area contributed by atoms with Gasteiger partial charge < -0.3 is 0 Å². The fourth-order valence-corrected chi connectivity index (χ4v) is 3.47. The highest BCUT2D eigenvalue weighted by Crippen LogP contribution is 2.38. The molecule has 1 aliphatic carbocycles. The van der Waals surface area contributed by atoms with Crippen LogP contribution in [0.3, 0.4) is 0 Å². The first-order valence-corrected chi connectivity index (χ1v) is 8.57. The van der Waals surface area contributed by atoms with Crippen LogP contribution >= 0.6 is 0 Å². The molecule has 1 N–H and O–H groups in total. The zero-order valence-electron chi connectivity index (χ0n) is 14.3. The van der Waals surface area contributed by atoms with Crippen molar-refractivity contribution in [3.05, 3.63) is 53.6 Å². The lowest BCUT2D eigenvalue weighted by Crippen LogP contribution is -2.59. The number of amides is 2. The van der Waals surface area contributed by atoms with Gasteiger partial charge in [-0.25, -0.2) is 5.01 Å². The minimum atomic E-state index is -0.232. The second kappa shape index (κ2) is 7.04. The monoisotopic (exact) mass is 324 g/mol. The van der Waals surface area contributed by atoms with Crippen LogP contribution in [0.1, 0.15) is 39.5 Å². The van der Waals surface area contributed by atoms with Gasteiger partial charge in [0.05, 0.1) is 17.5 Å². The van der Waals surface area contributed by atoms with Gasteiger partial charge in [-0.05, 0) is 51.7 Å². The number of hydrogen-bond donors (Lipinski definition) is 1. The molecule has 0 spiro atoms. The number of allylic oxidation sites excluding steroid dienone is 4. The minimum Gasteiger partial charge on any atom is -0.273 e. The molecule has 1 saturated heterocycles. The molecule has 2 aliphatic rings. The Hall–Kier alpha value is -2.36. The number of anilines is 1. The molecule has 3 rings (SSSR count). The number of nitrogens with one attached hydrogen (secondary N) is 1. The number of nitrogens with zero attached hydrogens (tertiary/aromatic N) is 1. The Morgan fingerprint density at radius 1 is 1.21 bits per heavy atom. The van der Waals surface area contributed by atoms with Crippen molar-refractivity contribution in [1.82, 2.24) is 5.43 Å². The predicted molar refractivity (Wildman–Crippen MR) is 95.0 cm³/mol. The zero-order chi connectivity index (χ0) is 17.1. The third-order valence-corrected chi connectivity index (χ3v) is 4.79. The zero-order valence-corrected chi connectivity index (χ0v) is 14.3. The number of rotatable bonds is 3. The van der Waals surface area contributed by atoms with Gasteiger partial charge in [-0.3, -0.25) is 15.0 Å². The van der Waals surface area contributed by atoms with Crippen LogP contribution < -0.4 is 10.4 Å². The maximum absolute atomic E-state index is 12.8. The van der Waals surface area contributed by atoms with E-state index >= 15 is 0 Å². The third kappa shape index (κ3) is 3.42. The summed E-state index contributed by atoms with van der Waals surface area (Å²) in [5, 5.41) is 1.42. The summed E-state index contributed by atoms with van der Waals surface area (Å²) >= 11 is 0. The van der Waals surface area contributed by atoms with Crippen LogP contribution in [0.4, 0.5) is 5.69 Å². The Morgan fingerprint density at radius 2 is 1.96 bits per heavy atom. The van der Waals surface area contributed by atoms with Gasteiger partial charge in [-0.15, -0.1) is 0 Å². The third-order valence-electron chi connectivity index (χ3n) is 4.79. The number of hydrogen-bond acceptors (Lipinski definition) is 2. The number of benzene rings is 1. The molecule has 1 aliphatic heterocycles. The fraction of sp³-hybridized carbons (Fsp3) is 0.400. The SMILES string of the molecule is CC(C)=CC/C=C1/CC[C@H]2C(=O)N(c3ccccc3)NC(=O)[C@H]2C1. The van der Waals surface area contributed by atoms with Crippen molar-refractivity contribution >= 4 is 17.5 Å². The van der Waals surface area contributed by atoms with E-state index in [2.05, 4.69) is 31.4 Å². The van der Waals surface area contributed by atoms with Crippen LogP contribution in [0.5, 0.6) is 0 Å². The maximum atomic E-state index is 12.8. The van der Waals surface area contributed by atoms with Crippen molar-refractivity contribution in [2.45, 2.75) is 39.5 Å². The molecule has 2 amide bonds. The predicted octanol–water partition coefficient (Wildman–Crippen LogP) is 3.76. The van der Waals surface area contributed by atoms with Crippen LogP contribution in [0.15, 0.2) is 53.6 Å². The summed E-state index contributed by atoms with van der Waals surface area (Å²) in [5.74, 6) is -0.478. The molecule has 2 fully saturated rings. The summed E-state index contributed by atoms with van der Waals surface area (Å²) in [4.78, 5) is 25.3. The van der Waals surface area contributed by atoms with Crippen molar-refractivity contribution in [2.75, 3.05) is 5.01 Å². The Morgan fingerprint density at radius 3 is 2.67 bits per heavy atom. The Bertz CT molecular complexity index is 687. The molecule has 0 aromatic heterocycles. The molecule has 1 aromatic rings. The van der Waals surface area contributed by atoms with Crippen LogP contribution in [0.2, 0.25) is 0 Å². The second-order valence-electron chi connectivity index (χ2n) is 6.82. The number of carbonyl (C=O) groups excluding carboxylic acids is 2. The minimum absolute atomic E-state index is 0.00847. The molecule has 24 heavy (non-hydrogen) atoms. The number of hydrazine groups is 1. The van der Waals surface area contributed by atoms with Gasteiger partial charge >= 0.3 is 0 Å². The fourth-order valence-electron chi connectivity index (χ4n) is 3.47. The first-order valence-electron chi connectivity index (χ1n) is 8.57. The van der Waals surface area contributed by atoms with Gasteiger partial charge in [0.15, 0.2) is 0 Å². The highest BCUT2D eigenvalue weighted by Gasteiger charge is 2.44. The Balaban J connectivity index is 1.74. The average molecular weight is 324 g/mol. The average Bonchev–Trinajstić information content (AvgIpc) is 2.58. The van der Waals surface area contributed by atoms with E-state index < -0.39 is 0 Å². The van der Waals surface area contributed by atoms with Crippen LogP contribution in [0, 0.1) is 11.8 Å². The molecular formula is C20H24N2O2. The lowest BCUT2D eigenvalue weighted by atomic mass is 9.74. The molecule has 1 saturated carbocycles. The van der Waals surface area contributed by atoms with E-state index in [1.807, 2.05) is 30.3 Å². The summed E-state index contributed by atoms with van der Waals surface area (Å²) < 4.78 is 0. The van der Waals surface area contributed by atoms with E-state index in [0.29, 0.717) is 6.42 Å². The van der Waals surface area contributed by atoms with Crippen molar-refractivity contribution in [3.63, 3.8) is 0 Å². The molecule has 0 unspecified atom stereocenters. The topological polar surface area (TPSA) is 49.4 Å². The van der Waals surface area contributed by atoms with Crippen molar-refractivity contribution in [2.24, 2.45) is 11.8 Å². The van der Waals surface area contributed by atoms with E-state index in [1.54, 1.807) is 0 Å².